The largest absolute Gasteiger partial charge is 0.461 e. The highest BCUT2D eigenvalue weighted by molar-refractivity contribution is 6.30. The fourth-order valence-corrected chi connectivity index (χ4v) is 2.22. The Morgan fingerprint density at radius 2 is 2.04 bits per heavy atom. The average molecular weight is 378 g/mol. The van der Waals surface area contributed by atoms with E-state index in [0.29, 0.717) is 16.3 Å². The summed E-state index contributed by atoms with van der Waals surface area (Å²) in [4.78, 5) is 23.6. The molecule has 1 aromatic carbocycles. The summed E-state index contributed by atoms with van der Waals surface area (Å²) in [5.74, 6) is -1.03. The Labute approximate surface area is 156 Å². The van der Waals surface area contributed by atoms with E-state index >= 15 is 0 Å². The van der Waals surface area contributed by atoms with Crippen LogP contribution in [0.4, 0.5) is 0 Å². The molecule has 1 heterocycles. The highest BCUT2D eigenvalue weighted by atomic mass is 35.5. The maximum atomic E-state index is 11.9. The van der Waals surface area contributed by atoms with E-state index in [1.807, 2.05) is 0 Å². The topological polar surface area (TPSA) is 83.3 Å². The zero-order valence-electron chi connectivity index (χ0n) is 15.0. The van der Waals surface area contributed by atoms with E-state index in [1.54, 1.807) is 52.0 Å². The summed E-state index contributed by atoms with van der Waals surface area (Å²) < 4.78 is 11.6. The molecule has 0 radical (unpaired) electrons. The van der Waals surface area contributed by atoms with Gasteiger partial charge in [0, 0.05) is 16.7 Å². The van der Waals surface area contributed by atoms with Gasteiger partial charge in [-0.2, -0.15) is 0 Å². The molecule has 0 saturated heterocycles. The molecule has 0 aliphatic heterocycles. The normalized spacial score (nSPS) is 11.6. The second-order valence-corrected chi connectivity index (χ2v) is 6.78. The van der Waals surface area contributed by atoms with Crippen LogP contribution in [0.2, 0.25) is 5.02 Å². The standard InChI is InChI=1S/C18H20ClN3O4/c1-5-25-17(24)14-11-22(21-20-14)15-8-7-13(19)10-12(15)6-9-16(23)26-18(2,3)4/h6-11H,5H2,1-4H3/b9-6+. The van der Waals surface area contributed by atoms with Crippen LogP contribution < -0.4 is 0 Å². The molecule has 0 bridgehead atoms. The minimum absolute atomic E-state index is 0.0869. The Kier molecular flexibility index (Phi) is 6.15. The van der Waals surface area contributed by atoms with Crippen molar-refractivity contribution in [2.45, 2.75) is 33.3 Å². The van der Waals surface area contributed by atoms with Crippen LogP contribution in [-0.4, -0.2) is 39.1 Å². The van der Waals surface area contributed by atoms with Gasteiger partial charge < -0.3 is 9.47 Å². The summed E-state index contributed by atoms with van der Waals surface area (Å²) in [6.45, 7) is 7.32. The molecular weight excluding hydrogens is 358 g/mol. The number of ether oxygens (including phenoxy) is 2. The Morgan fingerprint density at radius 1 is 1.31 bits per heavy atom. The molecule has 138 valence electrons. The summed E-state index contributed by atoms with van der Waals surface area (Å²) in [7, 11) is 0. The molecule has 0 atom stereocenters. The van der Waals surface area contributed by atoms with Crippen molar-refractivity contribution >= 4 is 29.6 Å². The van der Waals surface area contributed by atoms with Crippen LogP contribution >= 0.6 is 11.6 Å². The van der Waals surface area contributed by atoms with Crippen molar-refractivity contribution < 1.29 is 19.1 Å². The second-order valence-electron chi connectivity index (χ2n) is 6.34. The molecule has 0 amide bonds. The predicted octanol–water partition coefficient (Wildman–Crippen LogP) is 3.45. The number of carbonyl (C=O) groups is 2. The molecule has 7 nitrogen and oxygen atoms in total. The lowest BCUT2D eigenvalue weighted by molar-refractivity contribution is -0.148. The van der Waals surface area contributed by atoms with Crippen molar-refractivity contribution in [1.29, 1.82) is 0 Å². The minimum atomic E-state index is -0.584. The Morgan fingerprint density at radius 3 is 2.69 bits per heavy atom. The molecule has 26 heavy (non-hydrogen) atoms. The zero-order valence-corrected chi connectivity index (χ0v) is 15.8. The van der Waals surface area contributed by atoms with Gasteiger partial charge in [-0.3, -0.25) is 0 Å². The van der Waals surface area contributed by atoms with Gasteiger partial charge in [0.2, 0.25) is 0 Å². The van der Waals surface area contributed by atoms with Gasteiger partial charge in [0.25, 0.3) is 0 Å². The molecule has 0 spiro atoms. The molecule has 0 aliphatic carbocycles. The summed E-state index contributed by atoms with van der Waals surface area (Å²) in [6.07, 6.45) is 4.33. The fraction of sp³-hybridized carbons (Fsp3) is 0.333. The minimum Gasteiger partial charge on any atom is -0.461 e. The molecule has 0 saturated carbocycles. The van der Waals surface area contributed by atoms with Crippen LogP contribution in [0.25, 0.3) is 11.8 Å². The number of carbonyl (C=O) groups excluding carboxylic acids is 2. The van der Waals surface area contributed by atoms with Crippen molar-refractivity contribution in [3.63, 3.8) is 0 Å². The van der Waals surface area contributed by atoms with Gasteiger partial charge >= 0.3 is 11.9 Å². The van der Waals surface area contributed by atoms with E-state index in [1.165, 1.54) is 17.0 Å². The average Bonchev–Trinajstić information content (AvgIpc) is 3.01. The molecule has 8 heteroatoms. The van der Waals surface area contributed by atoms with E-state index in [4.69, 9.17) is 21.1 Å². The Balaban J connectivity index is 2.31. The first-order chi connectivity index (χ1) is 12.2. The van der Waals surface area contributed by atoms with Crippen LogP contribution in [0.15, 0.2) is 30.5 Å². The number of benzene rings is 1. The third kappa shape index (κ3) is 5.42. The van der Waals surface area contributed by atoms with Crippen molar-refractivity contribution in [2.75, 3.05) is 6.61 Å². The summed E-state index contributed by atoms with van der Waals surface area (Å²) in [6, 6.07) is 5.05. The third-order valence-electron chi connectivity index (χ3n) is 3.02. The number of hydrogen-bond donors (Lipinski definition) is 0. The monoisotopic (exact) mass is 377 g/mol. The van der Waals surface area contributed by atoms with Gasteiger partial charge in [0.1, 0.15) is 5.60 Å². The summed E-state index contributed by atoms with van der Waals surface area (Å²) in [5.41, 5.74) is 0.712. The van der Waals surface area contributed by atoms with Gasteiger partial charge in [0.15, 0.2) is 5.69 Å². The predicted molar refractivity (Wildman–Crippen MR) is 97.2 cm³/mol. The van der Waals surface area contributed by atoms with Crippen molar-refractivity contribution in [3.8, 4) is 5.69 Å². The quantitative estimate of drug-likeness (QED) is 0.586. The fourth-order valence-electron chi connectivity index (χ4n) is 2.04. The smallest absolute Gasteiger partial charge is 0.360 e. The van der Waals surface area contributed by atoms with E-state index in [9.17, 15) is 9.59 Å². The molecule has 0 aliphatic rings. The molecule has 0 N–H and O–H groups in total. The SMILES string of the molecule is CCOC(=O)c1cn(-c2ccc(Cl)cc2/C=C/C(=O)OC(C)(C)C)nn1. The first kappa shape index (κ1) is 19.7. The van der Waals surface area contributed by atoms with Gasteiger partial charge in [0.05, 0.1) is 18.5 Å². The highest BCUT2D eigenvalue weighted by Crippen LogP contribution is 2.21. The van der Waals surface area contributed by atoms with Crippen LogP contribution in [0.1, 0.15) is 43.7 Å². The van der Waals surface area contributed by atoms with Gasteiger partial charge in [-0.05, 0) is 52.0 Å². The van der Waals surface area contributed by atoms with Crippen molar-refractivity contribution in [1.82, 2.24) is 15.0 Å². The molecule has 0 unspecified atom stereocenters. The van der Waals surface area contributed by atoms with Crippen LogP contribution in [0.3, 0.4) is 0 Å². The lowest BCUT2D eigenvalue weighted by Crippen LogP contribution is -2.22. The highest BCUT2D eigenvalue weighted by Gasteiger charge is 2.15. The maximum absolute atomic E-state index is 11.9. The van der Waals surface area contributed by atoms with Crippen LogP contribution in [0, 0.1) is 0 Å². The number of rotatable bonds is 5. The van der Waals surface area contributed by atoms with Crippen LogP contribution in [-0.2, 0) is 14.3 Å². The molecular formula is C18H20ClN3O4. The summed E-state index contributed by atoms with van der Waals surface area (Å²) >= 11 is 6.05. The van der Waals surface area contributed by atoms with Gasteiger partial charge in [-0.15, -0.1) is 5.10 Å². The van der Waals surface area contributed by atoms with Crippen molar-refractivity contribution in [3.05, 3.63) is 46.8 Å². The molecule has 1 aromatic heterocycles. The Bertz CT molecular complexity index is 837. The zero-order chi connectivity index (χ0) is 19.3. The van der Waals surface area contributed by atoms with E-state index in [2.05, 4.69) is 10.3 Å². The lowest BCUT2D eigenvalue weighted by Gasteiger charge is -2.18. The number of aromatic nitrogens is 3. The molecule has 2 aromatic rings. The number of nitrogens with zero attached hydrogens (tertiary/aromatic N) is 3. The first-order valence-corrected chi connectivity index (χ1v) is 8.38. The third-order valence-corrected chi connectivity index (χ3v) is 3.26. The van der Waals surface area contributed by atoms with Gasteiger partial charge in [-0.25, -0.2) is 14.3 Å². The van der Waals surface area contributed by atoms with Gasteiger partial charge in [-0.1, -0.05) is 16.8 Å². The number of halogens is 1. The van der Waals surface area contributed by atoms with Crippen molar-refractivity contribution in [2.24, 2.45) is 0 Å². The Hall–Kier alpha value is -2.67. The summed E-state index contributed by atoms with van der Waals surface area (Å²) in [5, 5.41) is 8.24. The number of esters is 2. The maximum Gasteiger partial charge on any atom is 0.360 e. The van der Waals surface area contributed by atoms with E-state index < -0.39 is 17.5 Å². The molecule has 0 fully saturated rings. The van der Waals surface area contributed by atoms with Crippen LogP contribution in [0.5, 0.6) is 0 Å². The van der Waals surface area contributed by atoms with E-state index in [-0.39, 0.29) is 12.3 Å². The second kappa shape index (κ2) is 8.14. The lowest BCUT2D eigenvalue weighted by atomic mass is 10.1. The molecule has 2 rings (SSSR count). The first-order valence-electron chi connectivity index (χ1n) is 8.00. The number of hydrogen-bond acceptors (Lipinski definition) is 6. The van der Waals surface area contributed by atoms with E-state index in [0.717, 1.165) is 0 Å².